The summed E-state index contributed by atoms with van der Waals surface area (Å²) < 4.78 is 5.02. The van der Waals surface area contributed by atoms with Crippen molar-refractivity contribution in [3.63, 3.8) is 0 Å². The van der Waals surface area contributed by atoms with Crippen LogP contribution in [0.2, 0.25) is 0 Å². The second kappa shape index (κ2) is 6.85. The van der Waals surface area contributed by atoms with Gasteiger partial charge < -0.3 is 10.5 Å². The molecule has 0 saturated heterocycles. The summed E-state index contributed by atoms with van der Waals surface area (Å²) in [4.78, 5) is 24.7. The Hall–Kier alpha value is -2.40. The lowest BCUT2D eigenvalue weighted by molar-refractivity contribution is -0.112. The molecule has 2 rings (SSSR count). The maximum Gasteiger partial charge on any atom is 0.338 e. The summed E-state index contributed by atoms with van der Waals surface area (Å²) in [6, 6.07) is 10.5. The van der Waals surface area contributed by atoms with Crippen molar-refractivity contribution in [3.05, 3.63) is 57.8 Å². The van der Waals surface area contributed by atoms with Crippen LogP contribution in [0.4, 0.5) is 0 Å². The van der Waals surface area contributed by atoms with Gasteiger partial charge in [-0.1, -0.05) is 24.3 Å². The van der Waals surface area contributed by atoms with Crippen LogP contribution in [0, 0.1) is 0 Å². The zero-order valence-electron chi connectivity index (χ0n) is 11.5. The van der Waals surface area contributed by atoms with Crippen molar-refractivity contribution in [1.82, 2.24) is 0 Å². The molecule has 2 aromatic rings. The molecule has 4 nitrogen and oxygen atoms in total. The Bertz CT molecular complexity index is 675. The minimum absolute atomic E-state index is 0.272. The van der Waals surface area contributed by atoms with Gasteiger partial charge in [-0.2, -0.15) is 0 Å². The summed E-state index contributed by atoms with van der Waals surface area (Å²) in [5.74, 6) is -1.05. The average Bonchev–Trinajstić information content (AvgIpc) is 2.98. The highest BCUT2D eigenvalue weighted by Gasteiger charge is 2.18. The summed E-state index contributed by atoms with van der Waals surface area (Å²) in [5.41, 5.74) is 6.58. The molecule has 0 aliphatic heterocycles. The van der Waals surface area contributed by atoms with Crippen LogP contribution < -0.4 is 5.73 Å². The summed E-state index contributed by atoms with van der Waals surface area (Å²) >= 11 is 1.49. The molecule has 1 aromatic carbocycles. The van der Waals surface area contributed by atoms with Gasteiger partial charge >= 0.3 is 5.97 Å². The molecule has 0 atom stereocenters. The van der Waals surface area contributed by atoms with Crippen LogP contribution in [0.25, 0.3) is 11.6 Å². The molecule has 1 aromatic heterocycles. The van der Waals surface area contributed by atoms with E-state index in [1.807, 2.05) is 17.5 Å². The van der Waals surface area contributed by atoms with E-state index in [0.29, 0.717) is 16.7 Å². The minimum Gasteiger partial charge on any atom is -0.462 e. The van der Waals surface area contributed by atoms with Crippen LogP contribution in [-0.2, 0) is 9.53 Å². The van der Waals surface area contributed by atoms with E-state index in [0.717, 1.165) is 4.88 Å². The molecule has 0 radical (unpaired) electrons. The van der Waals surface area contributed by atoms with Crippen LogP contribution in [0.3, 0.4) is 0 Å². The Kier molecular flexibility index (Phi) is 4.90. The van der Waals surface area contributed by atoms with Crippen LogP contribution >= 0.6 is 11.3 Å². The van der Waals surface area contributed by atoms with E-state index in [1.54, 1.807) is 37.3 Å². The number of rotatable bonds is 5. The minimum atomic E-state index is -0.583. The molecule has 0 bridgehead atoms. The van der Waals surface area contributed by atoms with Crippen molar-refractivity contribution in [2.75, 3.05) is 6.61 Å². The van der Waals surface area contributed by atoms with Crippen molar-refractivity contribution >= 4 is 34.9 Å². The molecule has 0 fully saturated rings. The predicted octanol–water partition coefficient (Wildman–Crippen LogP) is 2.95. The number of nitrogens with two attached hydrogens (primary N) is 1. The van der Waals surface area contributed by atoms with E-state index >= 15 is 0 Å². The van der Waals surface area contributed by atoms with Crippen LogP contribution in [0.5, 0.6) is 0 Å². The fraction of sp³-hybridized carbons (Fsp3) is 0.125. The Labute approximate surface area is 126 Å². The fourth-order valence-electron chi connectivity index (χ4n) is 1.90. The van der Waals surface area contributed by atoms with Crippen LogP contribution in [-0.4, -0.2) is 18.5 Å². The molecule has 1 heterocycles. The molecular weight excluding hydrogens is 286 g/mol. The monoisotopic (exact) mass is 301 g/mol. The number of primary amides is 1. The Balaban J connectivity index is 2.52. The number of ether oxygens (including phenoxy) is 1. The Morgan fingerprint density at radius 2 is 1.90 bits per heavy atom. The second-order valence-electron chi connectivity index (χ2n) is 4.20. The third kappa shape index (κ3) is 3.58. The van der Waals surface area contributed by atoms with Gasteiger partial charge in [0.05, 0.1) is 12.2 Å². The van der Waals surface area contributed by atoms with Crippen molar-refractivity contribution in [1.29, 1.82) is 0 Å². The first-order chi connectivity index (χ1) is 10.1. The van der Waals surface area contributed by atoms with E-state index in [2.05, 4.69) is 0 Å². The zero-order valence-corrected chi connectivity index (χ0v) is 12.4. The van der Waals surface area contributed by atoms with Gasteiger partial charge in [-0.15, -0.1) is 11.3 Å². The average molecular weight is 301 g/mol. The fourth-order valence-corrected chi connectivity index (χ4v) is 2.56. The molecule has 0 aliphatic carbocycles. The van der Waals surface area contributed by atoms with Crippen LogP contribution in [0.1, 0.15) is 27.7 Å². The first-order valence-corrected chi connectivity index (χ1v) is 7.33. The molecule has 0 unspecified atom stereocenters. The molecule has 5 heteroatoms. The van der Waals surface area contributed by atoms with Gasteiger partial charge in [0.25, 0.3) is 0 Å². The first kappa shape index (κ1) is 15.0. The Morgan fingerprint density at radius 1 is 1.19 bits per heavy atom. The summed E-state index contributed by atoms with van der Waals surface area (Å²) in [6.45, 7) is 2.00. The number of hydrogen-bond acceptors (Lipinski definition) is 4. The predicted molar refractivity (Wildman–Crippen MR) is 83.8 cm³/mol. The number of esters is 1. The van der Waals surface area contributed by atoms with Crippen molar-refractivity contribution in [2.45, 2.75) is 6.92 Å². The largest absolute Gasteiger partial charge is 0.462 e. The van der Waals surface area contributed by atoms with Gasteiger partial charge in [-0.25, -0.2) is 4.79 Å². The van der Waals surface area contributed by atoms with Crippen molar-refractivity contribution in [2.24, 2.45) is 5.73 Å². The highest BCUT2D eigenvalue weighted by Crippen LogP contribution is 2.24. The number of amides is 1. The van der Waals surface area contributed by atoms with E-state index in [-0.39, 0.29) is 6.61 Å². The lowest BCUT2D eigenvalue weighted by atomic mass is 9.98. The van der Waals surface area contributed by atoms with Gasteiger partial charge in [-0.3, -0.25) is 4.79 Å². The van der Waals surface area contributed by atoms with Gasteiger partial charge in [0, 0.05) is 16.0 Å². The van der Waals surface area contributed by atoms with Gasteiger partial charge in [0.2, 0.25) is 5.91 Å². The number of benzene rings is 1. The highest BCUT2D eigenvalue weighted by atomic mass is 32.1. The molecular formula is C16H15NO3S. The molecule has 0 spiro atoms. The van der Waals surface area contributed by atoms with Crippen molar-refractivity contribution < 1.29 is 14.3 Å². The number of carbonyl (C=O) groups is 2. The smallest absolute Gasteiger partial charge is 0.338 e. The number of hydrogen-bond donors (Lipinski definition) is 1. The maximum atomic E-state index is 12.0. The SMILES string of the molecule is CCOC(=O)c1ccccc1C(=Cc1cccs1)C(N)=O. The molecule has 0 saturated carbocycles. The molecule has 2 N–H and O–H groups in total. The molecule has 108 valence electrons. The maximum absolute atomic E-state index is 12.0. The summed E-state index contributed by atoms with van der Waals surface area (Å²) in [7, 11) is 0. The normalized spacial score (nSPS) is 11.2. The molecule has 0 aliphatic rings. The standard InChI is InChI=1S/C16H15NO3S/c1-2-20-16(19)13-8-4-3-7-12(13)14(15(17)18)10-11-6-5-9-21-11/h3-10H,2H2,1H3,(H2,17,18). The van der Waals surface area contributed by atoms with E-state index in [9.17, 15) is 9.59 Å². The second-order valence-corrected chi connectivity index (χ2v) is 5.18. The van der Waals surface area contributed by atoms with E-state index in [1.165, 1.54) is 11.3 Å². The van der Waals surface area contributed by atoms with Gasteiger partial charge in [-0.05, 0) is 30.5 Å². The highest BCUT2D eigenvalue weighted by molar-refractivity contribution is 7.11. The lowest BCUT2D eigenvalue weighted by Crippen LogP contribution is -2.16. The lowest BCUT2D eigenvalue weighted by Gasteiger charge is -2.10. The van der Waals surface area contributed by atoms with Gasteiger partial charge in [0.1, 0.15) is 0 Å². The molecule has 1 amide bonds. The topological polar surface area (TPSA) is 69.4 Å². The van der Waals surface area contributed by atoms with Crippen molar-refractivity contribution in [3.8, 4) is 0 Å². The third-order valence-corrected chi connectivity index (χ3v) is 3.63. The summed E-state index contributed by atoms with van der Waals surface area (Å²) in [6.07, 6.45) is 1.69. The quantitative estimate of drug-likeness (QED) is 0.682. The van der Waals surface area contributed by atoms with E-state index in [4.69, 9.17) is 10.5 Å². The zero-order chi connectivity index (χ0) is 15.2. The van der Waals surface area contributed by atoms with E-state index < -0.39 is 11.9 Å². The number of thiophene rings is 1. The first-order valence-electron chi connectivity index (χ1n) is 6.45. The Morgan fingerprint density at radius 3 is 2.48 bits per heavy atom. The molecule has 21 heavy (non-hydrogen) atoms. The van der Waals surface area contributed by atoms with Gasteiger partial charge in [0.15, 0.2) is 0 Å². The summed E-state index contributed by atoms with van der Waals surface area (Å²) in [5, 5.41) is 1.90. The third-order valence-electron chi connectivity index (χ3n) is 2.81. The number of carbonyl (C=O) groups excluding carboxylic acids is 2. The van der Waals surface area contributed by atoms with Crippen LogP contribution in [0.15, 0.2) is 41.8 Å².